The summed E-state index contributed by atoms with van der Waals surface area (Å²) in [6.45, 7) is 1.51. The van der Waals surface area contributed by atoms with E-state index in [0.717, 1.165) is 10.9 Å². The quantitative estimate of drug-likeness (QED) is 0.805. The lowest BCUT2D eigenvalue weighted by atomic mass is 10.2. The first-order valence-electron chi connectivity index (χ1n) is 4.64. The summed E-state index contributed by atoms with van der Waals surface area (Å²) in [5.74, 6) is -0.383. The summed E-state index contributed by atoms with van der Waals surface area (Å²) in [4.78, 5) is 13.7. The Morgan fingerprint density at radius 1 is 1.47 bits per heavy atom. The van der Waals surface area contributed by atoms with E-state index in [0.29, 0.717) is 5.75 Å². The highest BCUT2D eigenvalue weighted by Gasteiger charge is 2.13. The van der Waals surface area contributed by atoms with E-state index in [1.807, 2.05) is 18.2 Å². The van der Waals surface area contributed by atoms with Crippen molar-refractivity contribution in [1.29, 1.82) is 0 Å². The third kappa shape index (κ3) is 1.79. The summed E-state index contributed by atoms with van der Waals surface area (Å²) < 4.78 is 5.33. The molecule has 0 amide bonds. The highest BCUT2D eigenvalue weighted by molar-refractivity contribution is 5.86. The molecule has 0 aliphatic carbocycles. The van der Waals surface area contributed by atoms with Gasteiger partial charge in [0.25, 0.3) is 0 Å². The summed E-state index contributed by atoms with van der Waals surface area (Å²) in [7, 11) is 0. The number of carbonyl (C=O) groups is 1. The fraction of sp³-hybridized carbons (Fsp3) is 0.182. The van der Waals surface area contributed by atoms with Gasteiger partial charge in [0.15, 0.2) is 6.10 Å². The zero-order valence-corrected chi connectivity index (χ0v) is 8.23. The molecule has 2 N–H and O–H groups in total. The van der Waals surface area contributed by atoms with Crippen molar-refractivity contribution in [2.75, 3.05) is 0 Å². The number of aromatic amines is 1. The van der Waals surface area contributed by atoms with Crippen molar-refractivity contribution in [3.05, 3.63) is 30.5 Å². The molecule has 15 heavy (non-hydrogen) atoms. The lowest BCUT2D eigenvalue weighted by Crippen LogP contribution is -2.22. The number of fused-ring (bicyclic) bond motifs is 1. The average molecular weight is 205 g/mol. The smallest absolute Gasteiger partial charge is 0.344 e. The van der Waals surface area contributed by atoms with Gasteiger partial charge in [0.2, 0.25) is 0 Å². The van der Waals surface area contributed by atoms with Gasteiger partial charge in [-0.1, -0.05) is 6.07 Å². The molecule has 2 aromatic rings. The Hall–Kier alpha value is -1.97. The highest BCUT2D eigenvalue weighted by atomic mass is 16.5. The Labute approximate surface area is 86.5 Å². The van der Waals surface area contributed by atoms with Crippen molar-refractivity contribution in [2.24, 2.45) is 0 Å². The van der Waals surface area contributed by atoms with E-state index < -0.39 is 12.1 Å². The molecule has 4 heteroatoms. The zero-order valence-electron chi connectivity index (χ0n) is 8.23. The highest BCUT2D eigenvalue weighted by Crippen LogP contribution is 2.25. The number of ether oxygens (including phenoxy) is 1. The van der Waals surface area contributed by atoms with Crippen LogP contribution in [0.15, 0.2) is 30.5 Å². The molecule has 1 unspecified atom stereocenters. The van der Waals surface area contributed by atoms with Crippen LogP contribution in [0.2, 0.25) is 0 Å². The maximum absolute atomic E-state index is 10.6. The average Bonchev–Trinajstić information content (AvgIpc) is 2.66. The Bertz CT molecular complexity index is 489. The molecule has 0 aliphatic rings. The van der Waals surface area contributed by atoms with Gasteiger partial charge in [0.1, 0.15) is 5.75 Å². The molecule has 0 saturated heterocycles. The minimum Gasteiger partial charge on any atom is -0.479 e. The lowest BCUT2D eigenvalue weighted by Gasteiger charge is -2.10. The van der Waals surface area contributed by atoms with Gasteiger partial charge in [0, 0.05) is 17.1 Å². The van der Waals surface area contributed by atoms with Crippen molar-refractivity contribution >= 4 is 16.9 Å². The van der Waals surface area contributed by atoms with Crippen LogP contribution >= 0.6 is 0 Å². The zero-order chi connectivity index (χ0) is 10.8. The van der Waals surface area contributed by atoms with E-state index in [1.165, 1.54) is 6.92 Å². The fourth-order valence-electron chi connectivity index (χ4n) is 1.40. The van der Waals surface area contributed by atoms with Crippen molar-refractivity contribution in [3.8, 4) is 5.75 Å². The van der Waals surface area contributed by atoms with E-state index in [2.05, 4.69) is 4.98 Å². The van der Waals surface area contributed by atoms with Gasteiger partial charge in [-0.2, -0.15) is 0 Å². The summed E-state index contributed by atoms with van der Waals surface area (Å²) in [6.07, 6.45) is 0.952. The topological polar surface area (TPSA) is 62.3 Å². The Morgan fingerprint density at radius 2 is 2.27 bits per heavy atom. The monoisotopic (exact) mass is 205 g/mol. The predicted octanol–water partition coefficient (Wildman–Crippen LogP) is 2.02. The number of aromatic nitrogens is 1. The molecular formula is C11H11NO3. The number of hydrogen-bond acceptors (Lipinski definition) is 2. The van der Waals surface area contributed by atoms with Crippen LogP contribution in [-0.4, -0.2) is 22.2 Å². The normalized spacial score (nSPS) is 12.6. The van der Waals surface area contributed by atoms with Crippen LogP contribution in [0.25, 0.3) is 10.9 Å². The van der Waals surface area contributed by atoms with Crippen LogP contribution in [0.3, 0.4) is 0 Å². The van der Waals surface area contributed by atoms with Gasteiger partial charge >= 0.3 is 5.97 Å². The summed E-state index contributed by atoms with van der Waals surface area (Å²) in [6, 6.07) is 7.35. The van der Waals surface area contributed by atoms with E-state index in [9.17, 15) is 4.79 Å². The van der Waals surface area contributed by atoms with E-state index in [-0.39, 0.29) is 0 Å². The number of carboxylic acids is 1. The van der Waals surface area contributed by atoms with Crippen molar-refractivity contribution < 1.29 is 14.6 Å². The molecule has 78 valence electrons. The third-order valence-corrected chi connectivity index (χ3v) is 2.21. The maximum atomic E-state index is 10.6. The summed E-state index contributed by atoms with van der Waals surface area (Å²) >= 11 is 0. The third-order valence-electron chi connectivity index (χ3n) is 2.21. The number of nitrogens with one attached hydrogen (secondary N) is 1. The van der Waals surface area contributed by atoms with Crippen LogP contribution in [0, 0.1) is 0 Å². The van der Waals surface area contributed by atoms with Crippen molar-refractivity contribution in [2.45, 2.75) is 13.0 Å². The molecule has 1 aromatic heterocycles. The molecule has 4 nitrogen and oxygen atoms in total. The lowest BCUT2D eigenvalue weighted by molar-refractivity contribution is -0.144. The molecule has 0 fully saturated rings. The second-order valence-electron chi connectivity index (χ2n) is 3.29. The number of benzene rings is 1. The molecule has 1 atom stereocenters. The Morgan fingerprint density at radius 3 is 3.00 bits per heavy atom. The number of hydrogen-bond donors (Lipinski definition) is 2. The SMILES string of the molecule is CC(Oc1cccc2[nH]ccc12)C(=O)O. The van der Waals surface area contributed by atoms with Gasteiger partial charge in [-0.25, -0.2) is 4.79 Å². The first-order chi connectivity index (χ1) is 7.18. The van der Waals surface area contributed by atoms with Gasteiger partial charge < -0.3 is 14.8 Å². The molecule has 0 radical (unpaired) electrons. The molecule has 1 aromatic carbocycles. The fourth-order valence-corrected chi connectivity index (χ4v) is 1.40. The maximum Gasteiger partial charge on any atom is 0.344 e. The molecule has 2 rings (SSSR count). The minimum absolute atomic E-state index is 0.587. The van der Waals surface area contributed by atoms with Gasteiger partial charge in [-0.3, -0.25) is 0 Å². The number of carboxylic acid groups (broad SMARTS) is 1. The first kappa shape index (κ1) is 9.58. The molecule has 0 aliphatic heterocycles. The van der Waals surface area contributed by atoms with Gasteiger partial charge in [-0.15, -0.1) is 0 Å². The van der Waals surface area contributed by atoms with Crippen LogP contribution in [0.5, 0.6) is 5.75 Å². The number of H-pyrrole nitrogens is 1. The van der Waals surface area contributed by atoms with Gasteiger partial charge in [-0.05, 0) is 25.1 Å². The second kappa shape index (κ2) is 3.65. The van der Waals surface area contributed by atoms with Crippen molar-refractivity contribution in [1.82, 2.24) is 4.98 Å². The first-order valence-corrected chi connectivity index (χ1v) is 4.64. The van der Waals surface area contributed by atoms with Gasteiger partial charge in [0.05, 0.1) is 0 Å². The Balaban J connectivity index is 2.35. The van der Waals surface area contributed by atoms with E-state index in [1.54, 1.807) is 12.3 Å². The minimum atomic E-state index is -0.970. The molecule has 0 spiro atoms. The largest absolute Gasteiger partial charge is 0.479 e. The molecule has 0 saturated carbocycles. The number of rotatable bonds is 3. The standard InChI is InChI=1S/C11H11NO3/c1-7(11(13)14)15-10-4-2-3-9-8(10)5-6-12-9/h2-7,12H,1H3,(H,13,14). The second-order valence-corrected chi connectivity index (χ2v) is 3.29. The molecule has 1 heterocycles. The van der Waals surface area contributed by atoms with Crippen LogP contribution in [0.4, 0.5) is 0 Å². The van der Waals surface area contributed by atoms with Crippen LogP contribution in [-0.2, 0) is 4.79 Å². The summed E-state index contributed by atoms with van der Waals surface area (Å²) in [5.41, 5.74) is 0.935. The van der Waals surface area contributed by atoms with E-state index in [4.69, 9.17) is 9.84 Å². The number of aliphatic carboxylic acids is 1. The predicted molar refractivity (Wildman–Crippen MR) is 56.0 cm³/mol. The molecule has 0 bridgehead atoms. The van der Waals surface area contributed by atoms with E-state index >= 15 is 0 Å². The van der Waals surface area contributed by atoms with Crippen LogP contribution < -0.4 is 4.74 Å². The summed E-state index contributed by atoms with van der Waals surface area (Å²) in [5, 5.41) is 9.63. The Kier molecular flexibility index (Phi) is 2.33. The molecular weight excluding hydrogens is 194 g/mol. The van der Waals surface area contributed by atoms with Crippen LogP contribution in [0.1, 0.15) is 6.92 Å². The van der Waals surface area contributed by atoms with Crippen molar-refractivity contribution in [3.63, 3.8) is 0 Å².